The van der Waals surface area contributed by atoms with E-state index in [-0.39, 0.29) is 0 Å². The van der Waals surface area contributed by atoms with Crippen LogP contribution < -0.4 is 5.32 Å². The Morgan fingerprint density at radius 2 is 2.21 bits per heavy atom. The Bertz CT molecular complexity index is 814. The van der Waals surface area contributed by atoms with Crippen LogP contribution in [0.3, 0.4) is 0 Å². The smallest absolute Gasteiger partial charge is 0.298 e. The normalized spacial score (nSPS) is 13.9. The average Bonchev–Trinajstić information content (AvgIpc) is 3.48. The number of benzene rings is 1. The summed E-state index contributed by atoms with van der Waals surface area (Å²) < 4.78 is 10.5. The number of nitrogens with one attached hydrogen (secondary N) is 1. The second-order valence-electron chi connectivity index (χ2n) is 7.42. The van der Waals surface area contributed by atoms with Crippen LogP contribution >= 0.6 is 0 Å². The third-order valence-electron chi connectivity index (χ3n) is 4.98. The summed E-state index contributed by atoms with van der Waals surface area (Å²) in [6.45, 7) is 4.21. The third-order valence-corrected chi connectivity index (χ3v) is 4.98. The lowest BCUT2D eigenvalue weighted by atomic mass is 10.1. The van der Waals surface area contributed by atoms with Gasteiger partial charge in [0.05, 0.1) is 0 Å². The highest BCUT2D eigenvalue weighted by Crippen LogP contribution is 2.38. The molecule has 0 aliphatic heterocycles. The van der Waals surface area contributed by atoms with Crippen molar-refractivity contribution in [2.45, 2.75) is 51.4 Å². The molecule has 3 rings (SSSR count). The lowest BCUT2D eigenvalue weighted by molar-refractivity contribution is -0.122. The number of anilines is 1. The van der Waals surface area contributed by atoms with Gasteiger partial charge in [0.25, 0.3) is 6.47 Å². The minimum Gasteiger partial charge on any atom is -0.427 e. The molecule has 1 fully saturated rings. The Hall–Kier alpha value is -2.83. The molecule has 0 bridgehead atoms. The first kappa shape index (κ1) is 20.9. The van der Waals surface area contributed by atoms with E-state index < -0.39 is 0 Å². The molecule has 7 nitrogen and oxygen atoms in total. The highest BCUT2D eigenvalue weighted by molar-refractivity contribution is 5.68. The largest absolute Gasteiger partial charge is 0.427 e. The predicted molar refractivity (Wildman–Crippen MR) is 112 cm³/mol. The topological polar surface area (TPSA) is 80.5 Å². The van der Waals surface area contributed by atoms with E-state index in [1.165, 1.54) is 12.8 Å². The molecular formula is C22H30N4O3. The van der Waals surface area contributed by atoms with E-state index in [2.05, 4.69) is 15.5 Å². The first-order valence-electron chi connectivity index (χ1n) is 10.4. The van der Waals surface area contributed by atoms with Crippen molar-refractivity contribution < 1.29 is 14.1 Å². The van der Waals surface area contributed by atoms with Crippen molar-refractivity contribution in [2.24, 2.45) is 0 Å². The van der Waals surface area contributed by atoms with Crippen LogP contribution in [0, 0.1) is 0 Å². The molecule has 0 radical (unpaired) electrons. The molecule has 0 unspecified atom stereocenters. The first-order chi connectivity index (χ1) is 14.2. The van der Waals surface area contributed by atoms with Crippen molar-refractivity contribution in [3.8, 4) is 0 Å². The van der Waals surface area contributed by atoms with Crippen LogP contribution in [0.5, 0.6) is 0 Å². The summed E-state index contributed by atoms with van der Waals surface area (Å²) in [6, 6.07) is 7.91. The molecule has 2 aromatic rings. The molecule has 0 amide bonds. The molecule has 7 heteroatoms. The van der Waals surface area contributed by atoms with Crippen LogP contribution in [0.2, 0.25) is 0 Å². The van der Waals surface area contributed by atoms with Gasteiger partial charge in [0.15, 0.2) is 11.6 Å². The van der Waals surface area contributed by atoms with Crippen molar-refractivity contribution in [2.75, 3.05) is 25.5 Å². The monoisotopic (exact) mass is 398 g/mol. The molecule has 1 saturated carbocycles. The number of unbranched alkanes of at least 4 members (excludes halogenated alkanes) is 2. The van der Waals surface area contributed by atoms with Gasteiger partial charge in [-0.3, -0.25) is 4.79 Å². The van der Waals surface area contributed by atoms with Gasteiger partial charge in [0, 0.05) is 49.9 Å². The number of carbonyl (C=O) groups excluding carboxylic acids is 1. The average molecular weight is 399 g/mol. The van der Waals surface area contributed by atoms with Crippen molar-refractivity contribution in [1.82, 2.24) is 15.0 Å². The summed E-state index contributed by atoms with van der Waals surface area (Å²) in [4.78, 5) is 17.3. The molecule has 1 N–H and O–H groups in total. The number of nitrogens with zero attached hydrogens (tertiary/aromatic N) is 3. The molecule has 0 atom stereocenters. The zero-order valence-electron chi connectivity index (χ0n) is 17.3. The number of carbonyl (C=O) groups is 1. The van der Waals surface area contributed by atoms with Gasteiger partial charge in [-0.05, 0) is 44.7 Å². The fourth-order valence-electron chi connectivity index (χ4n) is 2.99. The van der Waals surface area contributed by atoms with Crippen molar-refractivity contribution >= 4 is 17.9 Å². The number of ether oxygens (including phenoxy) is 1. The Morgan fingerprint density at radius 3 is 2.97 bits per heavy atom. The van der Waals surface area contributed by atoms with Crippen molar-refractivity contribution in [1.29, 1.82) is 0 Å². The molecule has 0 spiro atoms. The molecule has 1 aromatic carbocycles. The van der Waals surface area contributed by atoms with Gasteiger partial charge in [0.2, 0.25) is 5.89 Å². The first-order valence-corrected chi connectivity index (χ1v) is 10.4. The van der Waals surface area contributed by atoms with E-state index in [1.54, 1.807) is 0 Å². The standard InChI is InChI=1S/C22H30N4O3/c1-3-26(2)15-20(28-16-27)18-8-7-9-19(14-18)23-13-6-4-5-10-21-24-22(25-29-21)17-11-12-17/h7-9,14-17,23H,3-6,10-13H2,1-2H3/b20-15-. The van der Waals surface area contributed by atoms with E-state index in [0.29, 0.717) is 18.1 Å². The van der Waals surface area contributed by atoms with E-state index in [4.69, 9.17) is 9.26 Å². The Balaban J connectivity index is 1.41. The molecule has 1 aliphatic carbocycles. The summed E-state index contributed by atoms with van der Waals surface area (Å²) >= 11 is 0. The van der Waals surface area contributed by atoms with E-state index in [9.17, 15) is 4.79 Å². The summed E-state index contributed by atoms with van der Waals surface area (Å²) in [6.07, 6.45) is 8.25. The van der Waals surface area contributed by atoms with Gasteiger partial charge < -0.3 is 19.5 Å². The van der Waals surface area contributed by atoms with Gasteiger partial charge in [-0.25, -0.2) is 0 Å². The molecule has 156 valence electrons. The fourth-order valence-corrected chi connectivity index (χ4v) is 2.99. The minimum atomic E-state index is 0.465. The molecule has 0 saturated heterocycles. The van der Waals surface area contributed by atoms with Gasteiger partial charge in [-0.15, -0.1) is 0 Å². The lowest BCUT2D eigenvalue weighted by Crippen LogP contribution is -2.10. The summed E-state index contributed by atoms with van der Waals surface area (Å²) in [7, 11) is 1.94. The maximum absolute atomic E-state index is 10.8. The second kappa shape index (κ2) is 10.6. The number of hydrogen-bond donors (Lipinski definition) is 1. The van der Waals surface area contributed by atoms with E-state index in [0.717, 1.165) is 61.7 Å². The van der Waals surface area contributed by atoms with Crippen molar-refractivity contribution in [3.63, 3.8) is 0 Å². The molecule has 1 heterocycles. The Morgan fingerprint density at radius 1 is 1.34 bits per heavy atom. The number of aromatic nitrogens is 2. The van der Waals surface area contributed by atoms with Crippen molar-refractivity contribution in [3.05, 3.63) is 47.7 Å². The quantitative estimate of drug-likeness (QED) is 0.308. The lowest BCUT2D eigenvalue weighted by Gasteiger charge is -2.14. The SMILES string of the molecule is CCN(C)/C=C(\OC=O)c1cccc(NCCCCCc2nc(C3CC3)no2)c1. The summed E-state index contributed by atoms with van der Waals surface area (Å²) in [5.41, 5.74) is 1.87. The molecule has 1 aromatic heterocycles. The summed E-state index contributed by atoms with van der Waals surface area (Å²) in [5, 5.41) is 7.49. The van der Waals surface area contributed by atoms with Gasteiger partial charge in [-0.2, -0.15) is 4.98 Å². The third kappa shape index (κ3) is 6.62. The fraction of sp³-hybridized carbons (Fsp3) is 0.500. The minimum absolute atomic E-state index is 0.465. The van der Waals surface area contributed by atoms with Crippen LogP contribution in [0.1, 0.15) is 62.2 Å². The number of aryl methyl sites for hydroxylation is 1. The molecular weight excluding hydrogens is 368 g/mol. The number of hydrogen-bond acceptors (Lipinski definition) is 7. The van der Waals surface area contributed by atoms with Crippen LogP contribution in [0.4, 0.5) is 5.69 Å². The van der Waals surface area contributed by atoms with Crippen LogP contribution in [0.25, 0.3) is 5.76 Å². The molecule has 1 aliphatic rings. The van der Waals surface area contributed by atoms with E-state index in [1.807, 2.05) is 49.3 Å². The Labute approximate surface area is 172 Å². The van der Waals surface area contributed by atoms with Gasteiger partial charge in [0.1, 0.15) is 0 Å². The highest BCUT2D eigenvalue weighted by atomic mass is 16.5. The maximum atomic E-state index is 10.8. The number of rotatable bonds is 13. The highest BCUT2D eigenvalue weighted by Gasteiger charge is 2.28. The second-order valence-corrected chi connectivity index (χ2v) is 7.42. The van der Waals surface area contributed by atoms with Crippen LogP contribution in [-0.4, -0.2) is 41.6 Å². The Kier molecular flexibility index (Phi) is 7.67. The van der Waals surface area contributed by atoms with Gasteiger partial charge >= 0.3 is 0 Å². The predicted octanol–water partition coefficient (Wildman–Crippen LogP) is 4.20. The summed E-state index contributed by atoms with van der Waals surface area (Å²) in [5.74, 6) is 2.73. The zero-order valence-corrected chi connectivity index (χ0v) is 17.3. The molecule has 29 heavy (non-hydrogen) atoms. The van der Waals surface area contributed by atoms with Crippen LogP contribution in [-0.2, 0) is 16.0 Å². The van der Waals surface area contributed by atoms with E-state index >= 15 is 0 Å². The zero-order chi connectivity index (χ0) is 20.5. The maximum Gasteiger partial charge on any atom is 0.298 e. The van der Waals surface area contributed by atoms with Gasteiger partial charge in [-0.1, -0.05) is 23.7 Å². The van der Waals surface area contributed by atoms with Crippen LogP contribution in [0.15, 0.2) is 35.0 Å².